The number of rotatable bonds is 4. The van der Waals surface area contributed by atoms with Gasteiger partial charge < -0.3 is 0 Å². The fourth-order valence-electron chi connectivity index (χ4n) is 3.75. The molecule has 0 radical (unpaired) electrons. The molecular weight excluding hydrogens is 596 g/mol. The van der Waals surface area contributed by atoms with Crippen molar-refractivity contribution in [2.45, 2.75) is 0 Å². The van der Waals surface area contributed by atoms with Gasteiger partial charge in [0.25, 0.3) is 0 Å². The highest BCUT2D eigenvalue weighted by Crippen LogP contribution is 2.48. The number of aromatic nitrogens is 2. The Labute approximate surface area is 219 Å². The molecule has 6 aromatic rings. The first-order chi connectivity index (χ1) is 16.2. The Balaban J connectivity index is 1.71. The normalized spacial score (nSPS) is 11.3. The van der Waals surface area contributed by atoms with Gasteiger partial charge in [0.05, 0.1) is 28.7 Å². The van der Waals surface area contributed by atoms with Crippen LogP contribution in [0.2, 0.25) is 0 Å². The van der Waals surface area contributed by atoms with Crippen LogP contribution < -0.4 is 0 Å². The number of fused-ring (bicyclic) bond motifs is 1. The fourth-order valence-corrected chi connectivity index (χ4v) is 7.93. The first kappa shape index (κ1) is 21.4. The van der Waals surface area contributed by atoms with Crippen molar-refractivity contribution in [3.63, 3.8) is 0 Å². The van der Waals surface area contributed by atoms with Gasteiger partial charge in [0.2, 0.25) is 0 Å². The van der Waals surface area contributed by atoms with Gasteiger partial charge in [-0.3, -0.25) is 0 Å². The molecule has 0 saturated carbocycles. The van der Waals surface area contributed by atoms with Crippen LogP contribution in [0.1, 0.15) is 0 Å². The number of nitrogens with zero attached hydrogens (tertiary/aromatic N) is 2. The molecule has 4 aromatic heterocycles. The van der Waals surface area contributed by atoms with E-state index in [1.165, 1.54) is 9.75 Å². The zero-order chi connectivity index (χ0) is 22.4. The summed E-state index contributed by atoms with van der Waals surface area (Å²) in [6, 6.07) is 29.2. The highest BCUT2D eigenvalue weighted by atomic mass is 79.9. The second-order valence-electron chi connectivity index (χ2n) is 7.32. The molecule has 2 aromatic carbocycles. The molecule has 33 heavy (non-hydrogen) atoms. The van der Waals surface area contributed by atoms with Crippen LogP contribution in [0.25, 0.3) is 53.1 Å². The topological polar surface area (TPSA) is 25.8 Å². The predicted octanol–water partition coefficient (Wildman–Crippen LogP) is 10.0. The molecule has 0 aliphatic heterocycles. The molecule has 0 aliphatic carbocycles. The van der Waals surface area contributed by atoms with Crippen molar-refractivity contribution in [1.82, 2.24) is 9.97 Å². The number of hydrogen-bond acceptors (Lipinski definition) is 5. The third-order valence-electron chi connectivity index (χ3n) is 5.22. The van der Waals surface area contributed by atoms with E-state index >= 15 is 0 Å². The number of halogens is 2. The zero-order valence-electron chi connectivity index (χ0n) is 17.0. The molecule has 6 rings (SSSR count). The summed E-state index contributed by atoms with van der Waals surface area (Å²) in [7, 11) is 0. The summed E-state index contributed by atoms with van der Waals surface area (Å²) in [5.74, 6) is 0. The third kappa shape index (κ3) is 4.02. The number of benzene rings is 2. The largest absolute Gasteiger partial charge is 0.242 e. The minimum absolute atomic E-state index is 0.905. The molecule has 0 fully saturated rings. The van der Waals surface area contributed by atoms with Crippen molar-refractivity contribution in [2.75, 3.05) is 0 Å². The summed E-state index contributed by atoms with van der Waals surface area (Å²) in [6.45, 7) is 0. The van der Waals surface area contributed by atoms with E-state index in [9.17, 15) is 0 Å². The lowest BCUT2D eigenvalue weighted by Crippen LogP contribution is -1.95. The zero-order valence-corrected chi connectivity index (χ0v) is 22.6. The lowest BCUT2D eigenvalue weighted by Gasteiger charge is -2.10. The van der Waals surface area contributed by atoms with Crippen molar-refractivity contribution in [1.29, 1.82) is 0 Å². The maximum absolute atomic E-state index is 5.29. The van der Waals surface area contributed by atoms with Crippen molar-refractivity contribution < 1.29 is 0 Å². The van der Waals surface area contributed by atoms with E-state index in [1.54, 1.807) is 34.0 Å². The Bertz CT molecular complexity index is 1470. The van der Waals surface area contributed by atoms with Gasteiger partial charge in [-0.25, -0.2) is 9.97 Å². The predicted molar refractivity (Wildman–Crippen MR) is 150 cm³/mol. The minimum Gasteiger partial charge on any atom is -0.242 e. The molecule has 0 unspecified atom stereocenters. The van der Waals surface area contributed by atoms with E-state index in [2.05, 4.69) is 105 Å². The van der Waals surface area contributed by atoms with E-state index in [0.717, 1.165) is 50.9 Å². The molecule has 2 nitrogen and oxygen atoms in total. The first-order valence-electron chi connectivity index (χ1n) is 10.1. The molecule has 160 valence electrons. The van der Waals surface area contributed by atoms with Crippen LogP contribution in [0.3, 0.4) is 0 Å². The van der Waals surface area contributed by atoms with E-state index in [0.29, 0.717) is 0 Å². The second-order valence-corrected chi connectivity index (χ2v) is 13.3. The smallest absolute Gasteiger partial charge is 0.110 e. The molecule has 0 amide bonds. The molecule has 0 N–H and O–H groups in total. The van der Waals surface area contributed by atoms with Crippen LogP contribution in [-0.4, -0.2) is 9.97 Å². The van der Waals surface area contributed by atoms with E-state index in [1.807, 2.05) is 12.1 Å². The van der Waals surface area contributed by atoms with Crippen LogP contribution in [0.15, 0.2) is 92.5 Å². The lowest BCUT2D eigenvalue weighted by atomic mass is 10.0. The third-order valence-corrected chi connectivity index (χ3v) is 9.99. The quantitative estimate of drug-likeness (QED) is 0.199. The second kappa shape index (κ2) is 8.89. The summed E-state index contributed by atoms with van der Waals surface area (Å²) in [6.07, 6.45) is 0. The average molecular weight is 610 g/mol. The molecule has 0 bridgehead atoms. The minimum atomic E-state index is 0.905. The van der Waals surface area contributed by atoms with Gasteiger partial charge in [0.15, 0.2) is 0 Å². The van der Waals surface area contributed by atoms with Gasteiger partial charge in [0.1, 0.15) is 11.0 Å². The van der Waals surface area contributed by atoms with Crippen LogP contribution in [0.5, 0.6) is 0 Å². The van der Waals surface area contributed by atoms with Crippen molar-refractivity contribution in [3.05, 3.63) is 92.5 Å². The standard InChI is InChI=1S/C26H14Br2N2S3/c27-19-13-11-17(31-19)25-23-24(26(33-25)18-12-14-20(28)32-18)30-22(16-9-5-2-6-10-16)21(29-23)15-7-3-1-4-8-15/h1-14H. The Kier molecular flexibility index (Phi) is 5.76. The Hall–Kier alpha value is -2.16. The fraction of sp³-hybridized carbons (Fsp3) is 0. The number of thiophene rings is 3. The maximum atomic E-state index is 5.29. The van der Waals surface area contributed by atoms with Gasteiger partial charge in [-0.1, -0.05) is 60.7 Å². The molecule has 4 heterocycles. The van der Waals surface area contributed by atoms with Crippen molar-refractivity contribution in [3.8, 4) is 42.0 Å². The van der Waals surface area contributed by atoms with E-state index in [4.69, 9.17) is 9.97 Å². The summed E-state index contributed by atoms with van der Waals surface area (Å²) in [4.78, 5) is 15.3. The highest BCUT2D eigenvalue weighted by Gasteiger charge is 2.23. The first-order valence-corrected chi connectivity index (χ1v) is 14.2. The monoisotopic (exact) mass is 608 g/mol. The van der Waals surface area contributed by atoms with E-state index < -0.39 is 0 Å². The van der Waals surface area contributed by atoms with Gasteiger partial charge in [0, 0.05) is 20.9 Å². The Morgan fingerprint density at radius 2 is 0.909 bits per heavy atom. The van der Waals surface area contributed by atoms with Gasteiger partial charge in [-0.15, -0.1) is 34.0 Å². The lowest BCUT2D eigenvalue weighted by molar-refractivity contribution is 1.30. The molecular formula is C26H14Br2N2S3. The molecule has 0 aliphatic rings. The maximum Gasteiger partial charge on any atom is 0.110 e. The Morgan fingerprint density at radius 1 is 0.485 bits per heavy atom. The Morgan fingerprint density at radius 3 is 1.27 bits per heavy atom. The van der Waals surface area contributed by atoms with Crippen LogP contribution >= 0.6 is 65.9 Å². The molecule has 0 saturated heterocycles. The summed E-state index contributed by atoms with van der Waals surface area (Å²) >= 11 is 12.5. The highest BCUT2D eigenvalue weighted by molar-refractivity contribution is 9.11. The van der Waals surface area contributed by atoms with Crippen LogP contribution in [-0.2, 0) is 0 Å². The average Bonchev–Trinajstić information content (AvgIpc) is 3.57. The summed E-state index contributed by atoms with van der Waals surface area (Å²) < 4.78 is 2.22. The van der Waals surface area contributed by atoms with E-state index in [-0.39, 0.29) is 0 Å². The van der Waals surface area contributed by atoms with Crippen LogP contribution in [0.4, 0.5) is 0 Å². The summed E-state index contributed by atoms with van der Waals surface area (Å²) in [5, 5.41) is 0. The summed E-state index contributed by atoms with van der Waals surface area (Å²) in [5.41, 5.74) is 5.84. The van der Waals surface area contributed by atoms with Crippen molar-refractivity contribution >= 4 is 76.9 Å². The van der Waals surface area contributed by atoms with Gasteiger partial charge >= 0.3 is 0 Å². The van der Waals surface area contributed by atoms with Gasteiger partial charge in [-0.2, -0.15) is 0 Å². The van der Waals surface area contributed by atoms with Gasteiger partial charge in [-0.05, 0) is 56.1 Å². The molecule has 0 spiro atoms. The number of hydrogen-bond donors (Lipinski definition) is 0. The molecule has 7 heteroatoms. The SMILES string of the molecule is Brc1ccc(-c2sc(-c3ccc(Br)s3)c3nc(-c4ccccc4)c(-c4ccccc4)nc23)s1. The van der Waals surface area contributed by atoms with Crippen molar-refractivity contribution in [2.24, 2.45) is 0 Å². The van der Waals surface area contributed by atoms with Crippen LogP contribution in [0, 0.1) is 0 Å². The molecule has 0 atom stereocenters.